The first-order chi connectivity index (χ1) is 6.52. The lowest BCUT2D eigenvalue weighted by molar-refractivity contribution is -0.521. The van der Waals surface area contributed by atoms with Gasteiger partial charge in [-0.2, -0.15) is 0 Å². The molecule has 2 atom stereocenters. The van der Waals surface area contributed by atoms with Crippen LogP contribution in [0.5, 0.6) is 0 Å². The van der Waals surface area contributed by atoms with Crippen molar-refractivity contribution in [3.63, 3.8) is 0 Å². The SMILES string of the molecule is C[C@H](c1ccc(Cl)cc1)[C@@H](C)[N+](=O)[O-]. The smallest absolute Gasteiger partial charge is 0.216 e. The van der Waals surface area contributed by atoms with Crippen molar-refractivity contribution in [1.82, 2.24) is 0 Å². The van der Waals surface area contributed by atoms with E-state index in [4.69, 9.17) is 11.6 Å². The first kappa shape index (κ1) is 11.0. The Bertz CT molecular complexity index is 323. The molecule has 0 aliphatic heterocycles. The number of benzene rings is 1. The van der Waals surface area contributed by atoms with Gasteiger partial charge in [-0.3, -0.25) is 10.1 Å². The lowest BCUT2D eigenvalue weighted by Gasteiger charge is -2.13. The van der Waals surface area contributed by atoms with Crippen LogP contribution >= 0.6 is 11.6 Å². The molecule has 76 valence electrons. The molecule has 1 aromatic carbocycles. The van der Waals surface area contributed by atoms with Crippen LogP contribution in [-0.2, 0) is 0 Å². The fourth-order valence-corrected chi connectivity index (χ4v) is 1.35. The molecule has 0 saturated heterocycles. The third-order valence-corrected chi connectivity index (χ3v) is 2.70. The number of nitrogens with zero attached hydrogens (tertiary/aromatic N) is 1. The quantitative estimate of drug-likeness (QED) is 0.572. The van der Waals surface area contributed by atoms with Crippen molar-refractivity contribution >= 4 is 11.6 Å². The van der Waals surface area contributed by atoms with Gasteiger partial charge >= 0.3 is 0 Å². The zero-order valence-electron chi connectivity index (χ0n) is 8.11. The molecule has 0 aliphatic rings. The summed E-state index contributed by atoms with van der Waals surface area (Å²) in [5.41, 5.74) is 0.943. The molecule has 0 N–H and O–H groups in total. The van der Waals surface area contributed by atoms with E-state index in [9.17, 15) is 10.1 Å². The minimum atomic E-state index is -0.573. The average Bonchev–Trinajstić information content (AvgIpc) is 2.16. The lowest BCUT2D eigenvalue weighted by atomic mass is 9.95. The summed E-state index contributed by atoms with van der Waals surface area (Å²) in [4.78, 5) is 10.3. The molecule has 4 heteroatoms. The second-order valence-corrected chi connectivity index (χ2v) is 3.80. The summed E-state index contributed by atoms with van der Waals surface area (Å²) in [6, 6.07) is 6.58. The number of rotatable bonds is 3. The molecule has 1 aromatic rings. The van der Waals surface area contributed by atoms with Crippen molar-refractivity contribution in [2.45, 2.75) is 25.8 Å². The molecule has 0 amide bonds. The van der Waals surface area contributed by atoms with E-state index < -0.39 is 6.04 Å². The van der Waals surface area contributed by atoms with Crippen LogP contribution in [0.2, 0.25) is 5.02 Å². The molecule has 0 spiro atoms. The summed E-state index contributed by atoms with van der Waals surface area (Å²) >= 11 is 5.72. The number of hydrogen-bond donors (Lipinski definition) is 0. The Hall–Kier alpha value is -1.09. The minimum Gasteiger partial charge on any atom is -0.264 e. The highest BCUT2D eigenvalue weighted by molar-refractivity contribution is 6.30. The summed E-state index contributed by atoms with van der Waals surface area (Å²) in [7, 11) is 0. The predicted octanol–water partition coefficient (Wildman–Crippen LogP) is 3.11. The molecule has 0 unspecified atom stereocenters. The maximum absolute atomic E-state index is 10.6. The van der Waals surface area contributed by atoms with Crippen molar-refractivity contribution < 1.29 is 4.92 Å². The Labute approximate surface area is 87.8 Å². The van der Waals surface area contributed by atoms with E-state index in [1.54, 1.807) is 19.1 Å². The van der Waals surface area contributed by atoms with Crippen molar-refractivity contribution in [1.29, 1.82) is 0 Å². The lowest BCUT2D eigenvalue weighted by Crippen LogP contribution is -2.21. The second kappa shape index (κ2) is 4.42. The fraction of sp³-hybridized carbons (Fsp3) is 0.400. The first-order valence-corrected chi connectivity index (χ1v) is 4.79. The molecule has 1 rings (SSSR count). The van der Waals surface area contributed by atoms with E-state index in [0.717, 1.165) is 5.56 Å². The standard InChI is InChI=1S/C10H12ClNO2/c1-7(8(2)12(13)14)9-3-5-10(11)6-4-9/h3-8H,1-2H3/t7-,8+/m0/s1. The van der Waals surface area contributed by atoms with Gasteiger partial charge < -0.3 is 0 Å². The minimum absolute atomic E-state index is 0.0951. The Morgan fingerprint density at radius 1 is 1.29 bits per heavy atom. The van der Waals surface area contributed by atoms with E-state index >= 15 is 0 Å². The van der Waals surface area contributed by atoms with Crippen molar-refractivity contribution in [3.8, 4) is 0 Å². The molecule has 0 bridgehead atoms. The van der Waals surface area contributed by atoms with Gasteiger partial charge in [-0.25, -0.2) is 0 Å². The van der Waals surface area contributed by atoms with Crippen LogP contribution in [0, 0.1) is 10.1 Å². The average molecular weight is 214 g/mol. The summed E-state index contributed by atoms with van der Waals surface area (Å²) in [5.74, 6) is -0.0951. The summed E-state index contributed by atoms with van der Waals surface area (Å²) < 4.78 is 0. The highest BCUT2D eigenvalue weighted by Crippen LogP contribution is 2.22. The molecule has 0 aromatic heterocycles. The van der Waals surface area contributed by atoms with Crippen molar-refractivity contribution in [3.05, 3.63) is 45.0 Å². The normalized spacial score (nSPS) is 14.8. The van der Waals surface area contributed by atoms with Gasteiger partial charge in [-0.15, -0.1) is 0 Å². The van der Waals surface area contributed by atoms with Gasteiger partial charge in [0.15, 0.2) is 0 Å². The van der Waals surface area contributed by atoms with E-state index in [2.05, 4.69) is 0 Å². The number of hydrogen-bond acceptors (Lipinski definition) is 2. The molecule has 0 radical (unpaired) electrons. The van der Waals surface area contributed by atoms with Crippen molar-refractivity contribution in [2.24, 2.45) is 0 Å². The predicted molar refractivity (Wildman–Crippen MR) is 56.3 cm³/mol. The van der Waals surface area contributed by atoms with E-state index in [1.807, 2.05) is 19.1 Å². The van der Waals surface area contributed by atoms with Gasteiger partial charge in [0.25, 0.3) is 0 Å². The van der Waals surface area contributed by atoms with Crippen LogP contribution in [0.15, 0.2) is 24.3 Å². The van der Waals surface area contributed by atoms with Crippen LogP contribution in [0.1, 0.15) is 25.3 Å². The van der Waals surface area contributed by atoms with Crippen molar-refractivity contribution in [2.75, 3.05) is 0 Å². The van der Waals surface area contributed by atoms with Gasteiger partial charge in [-0.1, -0.05) is 30.7 Å². The maximum atomic E-state index is 10.6. The molecule has 14 heavy (non-hydrogen) atoms. The van der Waals surface area contributed by atoms with Gasteiger partial charge in [0.2, 0.25) is 6.04 Å². The summed E-state index contributed by atoms with van der Waals surface area (Å²) in [6.45, 7) is 3.45. The van der Waals surface area contributed by atoms with Gasteiger partial charge in [0, 0.05) is 22.8 Å². The van der Waals surface area contributed by atoms with Gasteiger partial charge in [0.1, 0.15) is 0 Å². The fourth-order valence-electron chi connectivity index (χ4n) is 1.23. The molecule has 0 aliphatic carbocycles. The first-order valence-electron chi connectivity index (χ1n) is 4.41. The molecule has 0 fully saturated rings. The molecule has 0 heterocycles. The Kier molecular flexibility index (Phi) is 3.47. The van der Waals surface area contributed by atoms with Gasteiger partial charge in [-0.05, 0) is 17.7 Å². The Balaban J connectivity index is 2.84. The summed E-state index contributed by atoms with van der Waals surface area (Å²) in [6.07, 6.45) is 0. The largest absolute Gasteiger partial charge is 0.264 e. The molecule has 0 saturated carbocycles. The maximum Gasteiger partial charge on any atom is 0.216 e. The van der Waals surface area contributed by atoms with Crippen LogP contribution < -0.4 is 0 Å². The van der Waals surface area contributed by atoms with Crippen LogP contribution in [0.25, 0.3) is 0 Å². The van der Waals surface area contributed by atoms with Crippen LogP contribution in [0.4, 0.5) is 0 Å². The topological polar surface area (TPSA) is 43.1 Å². The Morgan fingerprint density at radius 3 is 2.21 bits per heavy atom. The van der Waals surface area contributed by atoms with E-state index in [-0.39, 0.29) is 10.8 Å². The van der Waals surface area contributed by atoms with Crippen LogP contribution in [-0.4, -0.2) is 11.0 Å². The molecule has 3 nitrogen and oxygen atoms in total. The molecular formula is C10H12ClNO2. The molecular weight excluding hydrogens is 202 g/mol. The zero-order valence-corrected chi connectivity index (χ0v) is 8.86. The van der Waals surface area contributed by atoms with Crippen LogP contribution in [0.3, 0.4) is 0 Å². The zero-order chi connectivity index (χ0) is 10.7. The number of halogens is 1. The third kappa shape index (κ3) is 2.45. The van der Waals surface area contributed by atoms with E-state index in [1.165, 1.54) is 0 Å². The monoisotopic (exact) mass is 213 g/mol. The van der Waals surface area contributed by atoms with E-state index in [0.29, 0.717) is 5.02 Å². The number of nitro groups is 1. The van der Waals surface area contributed by atoms with Gasteiger partial charge in [0.05, 0.1) is 0 Å². The summed E-state index contributed by atoms with van der Waals surface area (Å²) in [5, 5.41) is 11.2. The Morgan fingerprint density at radius 2 is 1.79 bits per heavy atom. The third-order valence-electron chi connectivity index (χ3n) is 2.45. The highest BCUT2D eigenvalue weighted by atomic mass is 35.5. The second-order valence-electron chi connectivity index (χ2n) is 3.37. The highest BCUT2D eigenvalue weighted by Gasteiger charge is 2.23.